The van der Waals surface area contributed by atoms with Crippen molar-refractivity contribution in [1.82, 2.24) is 10.2 Å². The van der Waals surface area contributed by atoms with E-state index in [9.17, 15) is 4.79 Å². The van der Waals surface area contributed by atoms with Crippen molar-refractivity contribution in [3.05, 3.63) is 34.9 Å². The fourth-order valence-electron chi connectivity index (χ4n) is 2.80. The first-order valence-electron chi connectivity index (χ1n) is 7.22. The minimum absolute atomic E-state index is 0.188. The van der Waals surface area contributed by atoms with Crippen molar-refractivity contribution in [2.75, 3.05) is 19.6 Å². The summed E-state index contributed by atoms with van der Waals surface area (Å²) in [5.41, 5.74) is 3.14. The molecule has 0 spiro atoms. The van der Waals surface area contributed by atoms with Crippen LogP contribution in [0.25, 0.3) is 0 Å². The average molecular weight is 260 g/mol. The normalized spacial score (nSPS) is 18.6. The van der Waals surface area contributed by atoms with E-state index < -0.39 is 0 Å². The van der Waals surface area contributed by atoms with Crippen LogP contribution in [-0.4, -0.2) is 36.5 Å². The van der Waals surface area contributed by atoms with Crippen LogP contribution in [0.5, 0.6) is 0 Å². The Kier molecular flexibility index (Phi) is 4.59. The maximum Gasteiger partial charge on any atom is 0.254 e. The van der Waals surface area contributed by atoms with Crippen molar-refractivity contribution in [2.45, 2.75) is 39.7 Å². The van der Waals surface area contributed by atoms with Gasteiger partial charge in [-0.1, -0.05) is 24.6 Å². The molecule has 1 saturated heterocycles. The summed E-state index contributed by atoms with van der Waals surface area (Å²) in [6.45, 7) is 9.01. The molecule has 1 aliphatic rings. The number of carbonyl (C=O) groups is 1. The Balaban J connectivity index is 2.22. The van der Waals surface area contributed by atoms with Gasteiger partial charge in [0.2, 0.25) is 0 Å². The van der Waals surface area contributed by atoms with Crippen molar-refractivity contribution in [1.29, 1.82) is 0 Å². The zero-order valence-corrected chi connectivity index (χ0v) is 12.2. The third kappa shape index (κ3) is 3.16. The molecule has 1 fully saturated rings. The third-order valence-electron chi connectivity index (χ3n) is 3.81. The highest BCUT2D eigenvalue weighted by molar-refractivity contribution is 5.96. The molecule has 3 nitrogen and oxygen atoms in total. The first-order chi connectivity index (χ1) is 9.13. The molecule has 1 heterocycles. The lowest BCUT2D eigenvalue weighted by Gasteiger charge is -2.29. The van der Waals surface area contributed by atoms with Crippen LogP contribution in [0.1, 0.15) is 41.3 Å². The number of hydrogen-bond acceptors (Lipinski definition) is 2. The summed E-state index contributed by atoms with van der Waals surface area (Å²) in [5, 5.41) is 3.35. The van der Waals surface area contributed by atoms with Crippen LogP contribution in [-0.2, 0) is 0 Å². The molecule has 0 aliphatic carbocycles. The van der Waals surface area contributed by atoms with E-state index in [1.54, 1.807) is 0 Å². The van der Waals surface area contributed by atoms with Gasteiger partial charge in [0.15, 0.2) is 0 Å². The molecule has 1 amide bonds. The van der Waals surface area contributed by atoms with Crippen LogP contribution in [0.15, 0.2) is 18.2 Å². The SMILES string of the molecule is CCCN(C(=O)c1ccc(C)cc1C)C1CCNC1. The lowest BCUT2D eigenvalue weighted by molar-refractivity contribution is 0.0691. The summed E-state index contributed by atoms with van der Waals surface area (Å²) in [6, 6.07) is 6.44. The van der Waals surface area contributed by atoms with E-state index in [2.05, 4.69) is 30.1 Å². The summed E-state index contributed by atoms with van der Waals surface area (Å²) < 4.78 is 0. The van der Waals surface area contributed by atoms with E-state index in [-0.39, 0.29) is 5.91 Å². The Labute approximate surface area is 116 Å². The Bertz CT molecular complexity index is 450. The predicted octanol–water partition coefficient (Wildman–Crippen LogP) is 2.52. The van der Waals surface area contributed by atoms with Gasteiger partial charge in [-0.05, 0) is 44.9 Å². The number of nitrogens with zero attached hydrogens (tertiary/aromatic N) is 1. The van der Waals surface area contributed by atoms with Crippen LogP contribution in [0.4, 0.5) is 0 Å². The Hall–Kier alpha value is -1.35. The number of aryl methyl sites for hydroxylation is 2. The van der Waals surface area contributed by atoms with Crippen LogP contribution < -0.4 is 5.32 Å². The minimum atomic E-state index is 0.188. The molecule has 104 valence electrons. The topological polar surface area (TPSA) is 32.3 Å². The van der Waals surface area contributed by atoms with E-state index in [4.69, 9.17) is 0 Å². The van der Waals surface area contributed by atoms with Crippen LogP contribution in [0.2, 0.25) is 0 Å². The van der Waals surface area contributed by atoms with Crippen LogP contribution in [0.3, 0.4) is 0 Å². The molecule has 3 heteroatoms. The summed E-state index contributed by atoms with van der Waals surface area (Å²) in [6.07, 6.45) is 2.07. The van der Waals surface area contributed by atoms with Gasteiger partial charge in [0.25, 0.3) is 5.91 Å². The zero-order chi connectivity index (χ0) is 13.8. The molecule has 2 rings (SSSR count). The molecule has 1 N–H and O–H groups in total. The lowest BCUT2D eigenvalue weighted by Crippen LogP contribution is -2.42. The van der Waals surface area contributed by atoms with Crippen molar-refractivity contribution >= 4 is 5.91 Å². The third-order valence-corrected chi connectivity index (χ3v) is 3.81. The van der Waals surface area contributed by atoms with E-state index >= 15 is 0 Å². The molecule has 0 radical (unpaired) electrons. The first kappa shape index (κ1) is 14.1. The van der Waals surface area contributed by atoms with Gasteiger partial charge >= 0.3 is 0 Å². The quantitative estimate of drug-likeness (QED) is 0.902. The van der Waals surface area contributed by atoms with Gasteiger partial charge in [0.05, 0.1) is 0 Å². The number of carbonyl (C=O) groups excluding carboxylic acids is 1. The predicted molar refractivity (Wildman–Crippen MR) is 78.5 cm³/mol. The van der Waals surface area contributed by atoms with Crippen molar-refractivity contribution in [3.63, 3.8) is 0 Å². The number of hydrogen-bond donors (Lipinski definition) is 1. The first-order valence-corrected chi connectivity index (χ1v) is 7.22. The molecule has 1 aliphatic heterocycles. The maximum absolute atomic E-state index is 12.8. The summed E-state index contributed by atoms with van der Waals surface area (Å²) >= 11 is 0. The largest absolute Gasteiger partial charge is 0.334 e. The molecule has 0 bridgehead atoms. The second-order valence-corrected chi connectivity index (χ2v) is 5.46. The molecule has 0 aromatic heterocycles. The van der Waals surface area contributed by atoms with E-state index in [0.29, 0.717) is 6.04 Å². The molecule has 1 unspecified atom stereocenters. The molecule has 1 aromatic carbocycles. The Morgan fingerprint density at radius 3 is 2.79 bits per heavy atom. The van der Waals surface area contributed by atoms with Gasteiger partial charge < -0.3 is 10.2 Å². The van der Waals surface area contributed by atoms with Gasteiger partial charge in [0, 0.05) is 24.7 Å². The monoisotopic (exact) mass is 260 g/mol. The molecular formula is C16H24N2O. The highest BCUT2D eigenvalue weighted by Crippen LogP contribution is 2.17. The second-order valence-electron chi connectivity index (χ2n) is 5.46. The number of rotatable bonds is 4. The van der Waals surface area contributed by atoms with Gasteiger partial charge in [0.1, 0.15) is 0 Å². The summed E-state index contributed by atoms with van der Waals surface area (Å²) in [7, 11) is 0. The number of benzene rings is 1. The van der Waals surface area contributed by atoms with Crippen molar-refractivity contribution in [2.24, 2.45) is 0 Å². The highest BCUT2D eigenvalue weighted by Gasteiger charge is 2.27. The number of amides is 1. The maximum atomic E-state index is 12.8. The summed E-state index contributed by atoms with van der Waals surface area (Å²) in [4.78, 5) is 14.8. The minimum Gasteiger partial charge on any atom is -0.334 e. The Morgan fingerprint density at radius 1 is 1.42 bits per heavy atom. The van der Waals surface area contributed by atoms with E-state index in [1.807, 2.05) is 19.1 Å². The average Bonchev–Trinajstić information content (AvgIpc) is 2.89. The van der Waals surface area contributed by atoms with Crippen molar-refractivity contribution < 1.29 is 4.79 Å². The van der Waals surface area contributed by atoms with Crippen LogP contribution in [0, 0.1) is 13.8 Å². The highest BCUT2D eigenvalue weighted by atomic mass is 16.2. The second kappa shape index (κ2) is 6.20. The zero-order valence-electron chi connectivity index (χ0n) is 12.2. The Morgan fingerprint density at radius 2 is 2.21 bits per heavy atom. The molecule has 1 aromatic rings. The standard InChI is InChI=1S/C16H24N2O/c1-4-9-18(14-7-8-17-11-14)16(19)15-6-5-12(2)10-13(15)3/h5-6,10,14,17H,4,7-9,11H2,1-3H3. The molecule has 0 saturated carbocycles. The smallest absolute Gasteiger partial charge is 0.254 e. The van der Waals surface area contributed by atoms with Gasteiger partial charge in [-0.2, -0.15) is 0 Å². The van der Waals surface area contributed by atoms with E-state index in [1.165, 1.54) is 5.56 Å². The van der Waals surface area contributed by atoms with Crippen molar-refractivity contribution in [3.8, 4) is 0 Å². The van der Waals surface area contributed by atoms with Gasteiger partial charge in [-0.3, -0.25) is 4.79 Å². The fourth-order valence-corrected chi connectivity index (χ4v) is 2.80. The lowest BCUT2D eigenvalue weighted by atomic mass is 10.0. The summed E-state index contributed by atoms with van der Waals surface area (Å²) in [5.74, 6) is 0.188. The van der Waals surface area contributed by atoms with Crippen LogP contribution >= 0.6 is 0 Å². The molecule has 1 atom stereocenters. The number of nitrogens with one attached hydrogen (secondary N) is 1. The fraction of sp³-hybridized carbons (Fsp3) is 0.562. The molecule has 19 heavy (non-hydrogen) atoms. The molecular weight excluding hydrogens is 236 g/mol. The van der Waals surface area contributed by atoms with Gasteiger partial charge in [-0.15, -0.1) is 0 Å². The van der Waals surface area contributed by atoms with E-state index in [0.717, 1.165) is 43.6 Å². The van der Waals surface area contributed by atoms with Gasteiger partial charge in [-0.25, -0.2) is 0 Å².